The number of hydrogen-bond donors (Lipinski definition) is 0. The SMILES string of the molecule is CC(C)c1ccc2ccc3c4c(cc5ccc1c2c53)B(c1ccccc1)c1ccccc1O4. The number of ether oxygens (including phenoxy) is 1. The van der Waals surface area contributed by atoms with Gasteiger partial charge in [-0.15, -0.1) is 0 Å². The maximum absolute atomic E-state index is 6.66. The average Bonchev–Trinajstić information content (AvgIpc) is 2.85. The van der Waals surface area contributed by atoms with E-state index in [4.69, 9.17) is 4.74 Å². The van der Waals surface area contributed by atoms with E-state index in [1.54, 1.807) is 0 Å². The van der Waals surface area contributed by atoms with Crippen molar-refractivity contribution in [3.8, 4) is 11.5 Å². The molecule has 0 saturated heterocycles. The van der Waals surface area contributed by atoms with Crippen molar-refractivity contribution in [3.63, 3.8) is 0 Å². The van der Waals surface area contributed by atoms with E-state index in [0.29, 0.717) is 5.92 Å². The van der Waals surface area contributed by atoms with Gasteiger partial charge in [-0.1, -0.05) is 104 Å². The van der Waals surface area contributed by atoms with Crippen molar-refractivity contribution in [3.05, 3.63) is 103 Å². The fraction of sp³-hybridized carbons (Fsp3) is 0.0968. The first kappa shape index (κ1) is 18.8. The molecule has 0 spiro atoms. The summed E-state index contributed by atoms with van der Waals surface area (Å²) in [5.74, 6) is 2.44. The van der Waals surface area contributed by atoms with Gasteiger partial charge in [0.2, 0.25) is 0 Å². The summed E-state index contributed by atoms with van der Waals surface area (Å²) in [6, 6.07) is 35.4. The van der Waals surface area contributed by atoms with Gasteiger partial charge in [0, 0.05) is 10.8 Å². The highest BCUT2D eigenvalue weighted by molar-refractivity contribution is 6.97. The minimum absolute atomic E-state index is 0.152. The molecule has 1 heterocycles. The Kier molecular flexibility index (Phi) is 3.90. The summed E-state index contributed by atoms with van der Waals surface area (Å²) >= 11 is 0. The molecule has 0 N–H and O–H groups in total. The molecular formula is C31H23BO. The number of para-hydroxylation sites is 1. The lowest BCUT2D eigenvalue weighted by atomic mass is 9.35. The van der Waals surface area contributed by atoms with Crippen molar-refractivity contribution >= 4 is 55.4 Å². The number of hydrogen-bond acceptors (Lipinski definition) is 1. The minimum atomic E-state index is 0.152. The Morgan fingerprint density at radius 2 is 1.33 bits per heavy atom. The largest absolute Gasteiger partial charge is 0.458 e. The molecule has 6 aromatic rings. The molecule has 0 unspecified atom stereocenters. The van der Waals surface area contributed by atoms with Crippen LogP contribution in [-0.4, -0.2) is 6.71 Å². The number of benzene rings is 6. The van der Waals surface area contributed by atoms with E-state index in [0.717, 1.165) is 11.5 Å². The molecule has 0 aromatic heterocycles. The summed E-state index contributed by atoms with van der Waals surface area (Å²) in [4.78, 5) is 0. The lowest BCUT2D eigenvalue weighted by Gasteiger charge is -2.29. The van der Waals surface area contributed by atoms with Crippen LogP contribution in [0.3, 0.4) is 0 Å². The fourth-order valence-corrected chi connectivity index (χ4v) is 5.82. The van der Waals surface area contributed by atoms with Gasteiger partial charge in [0.1, 0.15) is 11.5 Å². The van der Waals surface area contributed by atoms with Gasteiger partial charge in [-0.3, -0.25) is 0 Å². The predicted octanol–water partition coefficient (Wildman–Crippen LogP) is 6.33. The van der Waals surface area contributed by atoms with E-state index >= 15 is 0 Å². The molecule has 0 amide bonds. The van der Waals surface area contributed by atoms with Gasteiger partial charge in [-0.2, -0.15) is 0 Å². The van der Waals surface area contributed by atoms with Crippen molar-refractivity contribution in [2.75, 3.05) is 0 Å². The Hall–Kier alpha value is -3.78. The van der Waals surface area contributed by atoms with Gasteiger partial charge < -0.3 is 4.74 Å². The quantitative estimate of drug-likeness (QED) is 0.234. The van der Waals surface area contributed by atoms with Crippen LogP contribution in [-0.2, 0) is 0 Å². The predicted molar refractivity (Wildman–Crippen MR) is 142 cm³/mol. The zero-order chi connectivity index (χ0) is 22.1. The molecule has 0 aliphatic carbocycles. The zero-order valence-corrected chi connectivity index (χ0v) is 18.8. The first-order chi connectivity index (χ1) is 16.2. The summed E-state index contributed by atoms with van der Waals surface area (Å²) in [7, 11) is 0. The first-order valence-corrected chi connectivity index (χ1v) is 11.8. The molecule has 0 radical (unpaired) electrons. The molecule has 2 heteroatoms. The highest BCUT2D eigenvalue weighted by Gasteiger charge is 2.33. The number of fused-ring (bicyclic) bond motifs is 3. The van der Waals surface area contributed by atoms with E-state index in [-0.39, 0.29) is 6.71 Å². The van der Waals surface area contributed by atoms with Crippen LogP contribution >= 0.6 is 0 Å². The summed E-state index contributed by atoms with van der Waals surface area (Å²) < 4.78 is 6.66. The molecule has 1 nitrogen and oxygen atoms in total. The topological polar surface area (TPSA) is 9.23 Å². The summed E-state index contributed by atoms with van der Waals surface area (Å²) in [5.41, 5.74) is 5.17. The second kappa shape index (κ2) is 6.86. The minimum Gasteiger partial charge on any atom is -0.458 e. The standard InChI is InChI=1S/C31H23BO/c1-19(2)23-15-12-20-13-17-25-30-21(14-16-24(23)29(20)30)18-27-31(25)33-28-11-7-6-10-26(28)32(27)22-8-4-3-5-9-22/h3-19H,1-2H3. The van der Waals surface area contributed by atoms with Crippen molar-refractivity contribution < 1.29 is 4.74 Å². The molecule has 1 aliphatic heterocycles. The van der Waals surface area contributed by atoms with Crippen LogP contribution in [0.25, 0.3) is 32.3 Å². The van der Waals surface area contributed by atoms with Crippen LogP contribution in [0.4, 0.5) is 0 Å². The van der Waals surface area contributed by atoms with Gasteiger partial charge in [0.25, 0.3) is 6.71 Å². The Bertz CT molecular complexity index is 1670. The Morgan fingerprint density at radius 1 is 0.636 bits per heavy atom. The molecule has 156 valence electrons. The lowest BCUT2D eigenvalue weighted by molar-refractivity contribution is 0.493. The molecule has 1 aliphatic rings. The maximum Gasteiger partial charge on any atom is 0.251 e. The van der Waals surface area contributed by atoms with Crippen LogP contribution in [0, 0.1) is 0 Å². The molecule has 33 heavy (non-hydrogen) atoms. The van der Waals surface area contributed by atoms with E-state index < -0.39 is 0 Å². The molecule has 0 saturated carbocycles. The molecule has 0 bridgehead atoms. The van der Waals surface area contributed by atoms with E-state index in [1.165, 1.54) is 54.3 Å². The van der Waals surface area contributed by atoms with Crippen molar-refractivity contribution in [2.24, 2.45) is 0 Å². The second-order valence-electron chi connectivity index (χ2n) is 9.51. The van der Waals surface area contributed by atoms with Crippen molar-refractivity contribution in [1.29, 1.82) is 0 Å². The number of rotatable bonds is 2. The Balaban J connectivity index is 1.61. The highest BCUT2D eigenvalue weighted by atomic mass is 16.5. The lowest BCUT2D eigenvalue weighted by Crippen LogP contribution is -2.54. The highest BCUT2D eigenvalue weighted by Crippen LogP contribution is 2.42. The molecule has 6 aromatic carbocycles. The second-order valence-corrected chi connectivity index (χ2v) is 9.51. The van der Waals surface area contributed by atoms with Crippen LogP contribution in [0.15, 0.2) is 97.1 Å². The van der Waals surface area contributed by atoms with Gasteiger partial charge in [-0.05, 0) is 56.1 Å². The van der Waals surface area contributed by atoms with Crippen LogP contribution < -0.4 is 21.1 Å². The third kappa shape index (κ3) is 2.61. The zero-order valence-electron chi connectivity index (χ0n) is 18.8. The van der Waals surface area contributed by atoms with E-state index in [1.807, 2.05) is 0 Å². The fourth-order valence-electron chi connectivity index (χ4n) is 5.82. The monoisotopic (exact) mass is 422 g/mol. The smallest absolute Gasteiger partial charge is 0.251 e. The molecule has 0 atom stereocenters. The normalized spacial score (nSPS) is 13.0. The molecular weight excluding hydrogens is 399 g/mol. The molecule has 0 fully saturated rings. The van der Waals surface area contributed by atoms with Crippen molar-refractivity contribution in [1.82, 2.24) is 0 Å². The molecule has 7 rings (SSSR count). The van der Waals surface area contributed by atoms with Gasteiger partial charge in [0.05, 0.1) is 0 Å². The first-order valence-electron chi connectivity index (χ1n) is 11.8. The van der Waals surface area contributed by atoms with Gasteiger partial charge in [0.15, 0.2) is 0 Å². The van der Waals surface area contributed by atoms with E-state index in [2.05, 4.69) is 111 Å². The van der Waals surface area contributed by atoms with Crippen molar-refractivity contribution in [2.45, 2.75) is 19.8 Å². The van der Waals surface area contributed by atoms with Gasteiger partial charge >= 0.3 is 0 Å². The van der Waals surface area contributed by atoms with Gasteiger partial charge in [-0.25, -0.2) is 0 Å². The Morgan fingerprint density at radius 3 is 2.18 bits per heavy atom. The third-order valence-electron chi connectivity index (χ3n) is 7.30. The van der Waals surface area contributed by atoms with Crippen LogP contribution in [0.2, 0.25) is 0 Å². The Labute approximate surface area is 194 Å². The van der Waals surface area contributed by atoms with Crippen LogP contribution in [0.1, 0.15) is 25.3 Å². The van der Waals surface area contributed by atoms with E-state index in [9.17, 15) is 0 Å². The summed E-state index contributed by atoms with van der Waals surface area (Å²) in [6.07, 6.45) is 0. The summed E-state index contributed by atoms with van der Waals surface area (Å²) in [6.45, 7) is 4.70. The maximum atomic E-state index is 6.66. The van der Waals surface area contributed by atoms with Crippen LogP contribution in [0.5, 0.6) is 11.5 Å². The summed E-state index contributed by atoms with van der Waals surface area (Å²) in [5, 5.41) is 7.82. The average molecular weight is 422 g/mol. The third-order valence-corrected chi connectivity index (χ3v) is 7.30.